The van der Waals surface area contributed by atoms with E-state index in [1.165, 1.54) is 0 Å². The van der Waals surface area contributed by atoms with E-state index in [0.29, 0.717) is 5.76 Å². The maximum Gasteiger partial charge on any atom is 0.318 e. The molecule has 0 spiro atoms. The number of carbonyl (C=O) groups is 2. The first-order valence-electron chi connectivity index (χ1n) is 9.24. The summed E-state index contributed by atoms with van der Waals surface area (Å²) < 4.78 is 10.5. The van der Waals surface area contributed by atoms with Crippen LogP contribution in [0.1, 0.15) is 29.2 Å². The van der Waals surface area contributed by atoms with Crippen LogP contribution < -0.4 is 5.32 Å². The molecule has 0 aliphatic carbocycles. The van der Waals surface area contributed by atoms with Gasteiger partial charge in [0.05, 0.1) is 0 Å². The van der Waals surface area contributed by atoms with Crippen molar-refractivity contribution in [2.75, 3.05) is 11.9 Å². The smallest absolute Gasteiger partial charge is 0.318 e. The Labute approximate surface area is 168 Å². The highest BCUT2D eigenvalue weighted by atomic mass is 16.5. The monoisotopic (exact) mass is 394 g/mol. The number of aromatic nitrogens is 1. The molecule has 0 fully saturated rings. The number of benzene rings is 2. The summed E-state index contributed by atoms with van der Waals surface area (Å²) in [5, 5.41) is 15.6. The molecule has 29 heavy (non-hydrogen) atoms. The Bertz CT molecular complexity index is 901. The number of hydrogen-bond donors (Lipinski definition) is 2. The summed E-state index contributed by atoms with van der Waals surface area (Å²) in [5.41, 5.74) is 1.50. The lowest BCUT2D eigenvalue weighted by Gasteiger charge is -2.21. The van der Waals surface area contributed by atoms with E-state index in [2.05, 4.69) is 10.5 Å². The zero-order valence-electron chi connectivity index (χ0n) is 15.9. The lowest BCUT2D eigenvalue weighted by atomic mass is 9.91. The number of anilines is 1. The average molecular weight is 394 g/mol. The number of aliphatic hydroxyl groups excluding tert-OH is 1. The lowest BCUT2D eigenvalue weighted by Crippen LogP contribution is -2.35. The normalized spacial score (nSPS) is 11.8. The minimum absolute atomic E-state index is 0.0370. The molecule has 1 heterocycles. The molecule has 1 aromatic heterocycles. The molecular weight excluding hydrogens is 372 g/mol. The molecule has 2 aromatic carbocycles. The SMILES string of the molecule is Cc1cc(NC(=O)[C@@H](CCO)OC(=O)C(c2ccccc2)c2ccccc2)no1. The summed E-state index contributed by atoms with van der Waals surface area (Å²) in [7, 11) is 0. The van der Waals surface area contributed by atoms with Gasteiger partial charge >= 0.3 is 5.97 Å². The van der Waals surface area contributed by atoms with Gasteiger partial charge in [-0.3, -0.25) is 9.59 Å². The van der Waals surface area contributed by atoms with Gasteiger partial charge in [-0.1, -0.05) is 65.8 Å². The zero-order valence-corrected chi connectivity index (χ0v) is 15.9. The van der Waals surface area contributed by atoms with Crippen molar-refractivity contribution >= 4 is 17.7 Å². The lowest BCUT2D eigenvalue weighted by molar-refractivity contribution is -0.155. The van der Waals surface area contributed by atoms with Crippen LogP contribution in [-0.4, -0.2) is 34.9 Å². The molecule has 3 aromatic rings. The van der Waals surface area contributed by atoms with E-state index in [1.807, 2.05) is 60.7 Å². The molecule has 150 valence electrons. The Morgan fingerprint density at radius 3 is 2.14 bits per heavy atom. The van der Waals surface area contributed by atoms with Crippen LogP contribution in [0.4, 0.5) is 5.82 Å². The van der Waals surface area contributed by atoms with Crippen LogP contribution in [0.5, 0.6) is 0 Å². The van der Waals surface area contributed by atoms with Gasteiger partial charge in [0.1, 0.15) is 11.7 Å². The fourth-order valence-corrected chi connectivity index (χ4v) is 2.96. The van der Waals surface area contributed by atoms with Crippen molar-refractivity contribution in [2.24, 2.45) is 0 Å². The Kier molecular flexibility index (Phi) is 6.76. The molecule has 0 aliphatic rings. The number of carbonyl (C=O) groups excluding carboxylic acids is 2. The predicted molar refractivity (Wildman–Crippen MR) is 106 cm³/mol. The molecular formula is C22H22N2O5. The van der Waals surface area contributed by atoms with Gasteiger partial charge in [-0.05, 0) is 18.1 Å². The third kappa shape index (κ3) is 5.30. The minimum atomic E-state index is -1.17. The number of amides is 1. The maximum atomic E-state index is 13.1. The Balaban J connectivity index is 1.81. The van der Waals surface area contributed by atoms with Crippen molar-refractivity contribution < 1.29 is 24.0 Å². The molecule has 3 rings (SSSR count). The van der Waals surface area contributed by atoms with Crippen molar-refractivity contribution in [2.45, 2.75) is 25.4 Å². The molecule has 1 amide bonds. The number of esters is 1. The molecule has 0 saturated heterocycles. The minimum Gasteiger partial charge on any atom is -0.451 e. The van der Waals surface area contributed by atoms with Crippen LogP contribution in [0.15, 0.2) is 71.3 Å². The fraction of sp³-hybridized carbons (Fsp3) is 0.227. The second-order valence-electron chi connectivity index (χ2n) is 6.50. The van der Waals surface area contributed by atoms with Gasteiger partial charge in [0.15, 0.2) is 11.9 Å². The average Bonchev–Trinajstić information content (AvgIpc) is 3.14. The van der Waals surface area contributed by atoms with Gasteiger partial charge in [-0.15, -0.1) is 0 Å². The number of aryl methyl sites for hydroxylation is 1. The number of nitrogens with zero attached hydrogens (tertiary/aromatic N) is 1. The van der Waals surface area contributed by atoms with E-state index in [0.717, 1.165) is 11.1 Å². The standard InChI is InChI=1S/C22H22N2O5/c1-15-14-19(24-29-15)23-21(26)18(12-13-25)28-22(27)20(16-8-4-2-5-9-16)17-10-6-3-7-11-17/h2-11,14,18,20,25H,12-13H2,1H3,(H,23,24,26)/t18-/m1/s1. The molecule has 2 N–H and O–H groups in total. The summed E-state index contributed by atoms with van der Waals surface area (Å²) in [6.45, 7) is 1.38. The largest absolute Gasteiger partial charge is 0.451 e. The van der Waals surface area contributed by atoms with Crippen molar-refractivity contribution in [3.63, 3.8) is 0 Å². The summed E-state index contributed by atoms with van der Waals surface area (Å²) in [4.78, 5) is 25.6. The Morgan fingerprint density at radius 2 is 1.66 bits per heavy atom. The molecule has 0 radical (unpaired) electrons. The predicted octanol–water partition coefficient (Wildman–Crippen LogP) is 3.05. The third-order valence-corrected chi connectivity index (χ3v) is 4.32. The maximum absolute atomic E-state index is 13.1. The second kappa shape index (κ2) is 9.66. The highest BCUT2D eigenvalue weighted by molar-refractivity contribution is 5.95. The van der Waals surface area contributed by atoms with Gasteiger partial charge in [0.25, 0.3) is 5.91 Å². The molecule has 7 nitrogen and oxygen atoms in total. The van der Waals surface area contributed by atoms with E-state index >= 15 is 0 Å². The van der Waals surface area contributed by atoms with Gasteiger partial charge in [-0.2, -0.15) is 0 Å². The fourth-order valence-electron chi connectivity index (χ4n) is 2.96. The molecule has 0 unspecified atom stereocenters. The van der Waals surface area contributed by atoms with Crippen LogP contribution in [0.3, 0.4) is 0 Å². The summed E-state index contributed by atoms with van der Waals surface area (Å²) in [6, 6.07) is 19.9. The van der Waals surface area contributed by atoms with E-state index < -0.39 is 23.9 Å². The van der Waals surface area contributed by atoms with Crippen molar-refractivity contribution in [3.05, 3.63) is 83.6 Å². The number of aliphatic hydroxyl groups is 1. The van der Waals surface area contributed by atoms with Crippen LogP contribution in [-0.2, 0) is 14.3 Å². The van der Waals surface area contributed by atoms with Gasteiger partial charge in [-0.25, -0.2) is 0 Å². The zero-order chi connectivity index (χ0) is 20.6. The quantitative estimate of drug-likeness (QED) is 0.570. The third-order valence-electron chi connectivity index (χ3n) is 4.32. The topological polar surface area (TPSA) is 102 Å². The van der Waals surface area contributed by atoms with Crippen molar-refractivity contribution in [3.8, 4) is 0 Å². The highest BCUT2D eigenvalue weighted by Crippen LogP contribution is 2.27. The van der Waals surface area contributed by atoms with Crippen LogP contribution in [0.2, 0.25) is 0 Å². The van der Waals surface area contributed by atoms with Crippen molar-refractivity contribution in [1.82, 2.24) is 5.16 Å². The van der Waals surface area contributed by atoms with E-state index in [4.69, 9.17) is 9.26 Å². The number of hydrogen-bond acceptors (Lipinski definition) is 6. The van der Waals surface area contributed by atoms with Gasteiger partial charge in [0.2, 0.25) is 0 Å². The summed E-state index contributed by atoms with van der Waals surface area (Å²) in [6.07, 6.45) is -1.20. The number of rotatable bonds is 8. The van der Waals surface area contributed by atoms with Crippen LogP contribution >= 0.6 is 0 Å². The van der Waals surface area contributed by atoms with E-state index in [1.54, 1.807) is 13.0 Å². The summed E-state index contributed by atoms with van der Waals surface area (Å²) in [5.74, 6) is -1.10. The molecule has 0 bridgehead atoms. The molecule has 7 heteroatoms. The first-order chi connectivity index (χ1) is 14.1. The Hall–Kier alpha value is -3.45. The van der Waals surface area contributed by atoms with Crippen molar-refractivity contribution in [1.29, 1.82) is 0 Å². The summed E-state index contributed by atoms with van der Waals surface area (Å²) >= 11 is 0. The first kappa shape index (κ1) is 20.3. The first-order valence-corrected chi connectivity index (χ1v) is 9.24. The number of nitrogens with one attached hydrogen (secondary N) is 1. The van der Waals surface area contributed by atoms with E-state index in [-0.39, 0.29) is 18.8 Å². The highest BCUT2D eigenvalue weighted by Gasteiger charge is 2.30. The second-order valence-corrected chi connectivity index (χ2v) is 6.50. The molecule has 1 atom stereocenters. The van der Waals surface area contributed by atoms with Crippen LogP contribution in [0, 0.1) is 6.92 Å². The number of ether oxygens (including phenoxy) is 1. The van der Waals surface area contributed by atoms with E-state index in [9.17, 15) is 14.7 Å². The molecule has 0 saturated carbocycles. The van der Waals surface area contributed by atoms with Gasteiger partial charge < -0.3 is 19.7 Å². The Morgan fingerprint density at radius 1 is 1.07 bits per heavy atom. The molecule has 0 aliphatic heterocycles. The van der Waals surface area contributed by atoms with Gasteiger partial charge in [0, 0.05) is 19.1 Å². The van der Waals surface area contributed by atoms with Crippen LogP contribution in [0.25, 0.3) is 0 Å².